The molecule has 3 rings (SSSR count). The molecular formula is C19H23ClN2O. The molecule has 1 fully saturated rings. The van der Waals surface area contributed by atoms with Crippen LogP contribution in [0.25, 0.3) is 0 Å². The molecule has 2 aromatic rings. The molecule has 0 spiro atoms. The van der Waals surface area contributed by atoms with E-state index in [1.165, 1.54) is 16.8 Å². The summed E-state index contributed by atoms with van der Waals surface area (Å²) in [6.07, 6.45) is 0. The molecule has 0 aromatic heterocycles. The first-order valence-electron chi connectivity index (χ1n) is 8.13. The molecule has 2 aromatic carbocycles. The van der Waals surface area contributed by atoms with E-state index in [0.717, 1.165) is 37.9 Å². The van der Waals surface area contributed by atoms with E-state index in [0.29, 0.717) is 0 Å². The average molecular weight is 331 g/mol. The molecule has 23 heavy (non-hydrogen) atoms. The molecule has 0 aliphatic carbocycles. The Morgan fingerprint density at radius 3 is 2.57 bits per heavy atom. The van der Waals surface area contributed by atoms with E-state index in [1.54, 1.807) is 0 Å². The molecule has 122 valence electrons. The molecule has 1 aliphatic rings. The van der Waals surface area contributed by atoms with Crippen molar-refractivity contribution in [3.8, 4) is 0 Å². The summed E-state index contributed by atoms with van der Waals surface area (Å²) in [7, 11) is 0. The van der Waals surface area contributed by atoms with E-state index in [4.69, 9.17) is 16.3 Å². The van der Waals surface area contributed by atoms with Gasteiger partial charge in [-0.1, -0.05) is 35.9 Å². The van der Waals surface area contributed by atoms with Crippen LogP contribution in [0, 0.1) is 0 Å². The summed E-state index contributed by atoms with van der Waals surface area (Å²) in [6.45, 7) is 6.60. The van der Waals surface area contributed by atoms with Crippen molar-refractivity contribution in [1.29, 1.82) is 0 Å². The molecule has 0 radical (unpaired) electrons. The number of hydrogen-bond donors (Lipinski definition) is 1. The lowest BCUT2D eigenvalue weighted by Gasteiger charge is -2.29. The summed E-state index contributed by atoms with van der Waals surface area (Å²) in [4.78, 5) is 2.37. The summed E-state index contributed by atoms with van der Waals surface area (Å²) in [6, 6.07) is 17.1. The number of nitrogens with zero attached hydrogens (tertiary/aromatic N) is 1. The molecule has 1 aliphatic heterocycles. The lowest BCUT2D eigenvalue weighted by Crippen LogP contribution is -2.36. The Morgan fingerprint density at radius 2 is 1.87 bits per heavy atom. The Hall–Kier alpha value is -1.55. The second-order valence-electron chi connectivity index (χ2n) is 5.92. The fourth-order valence-electron chi connectivity index (χ4n) is 2.81. The van der Waals surface area contributed by atoms with Crippen LogP contribution < -0.4 is 10.2 Å². The van der Waals surface area contributed by atoms with Gasteiger partial charge in [-0.25, -0.2) is 0 Å². The van der Waals surface area contributed by atoms with Gasteiger partial charge in [0.2, 0.25) is 0 Å². The smallest absolute Gasteiger partial charge is 0.0642 e. The van der Waals surface area contributed by atoms with Gasteiger partial charge in [-0.05, 0) is 42.3 Å². The first-order valence-corrected chi connectivity index (χ1v) is 8.50. The summed E-state index contributed by atoms with van der Waals surface area (Å²) >= 11 is 6.06. The first kappa shape index (κ1) is 16.3. The Kier molecular flexibility index (Phi) is 5.55. The lowest BCUT2D eigenvalue weighted by atomic mass is 10.1. The van der Waals surface area contributed by atoms with E-state index < -0.39 is 0 Å². The molecule has 1 atom stereocenters. The standard InChI is InChI=1S/C19H23ClN2O/c1-15(17-3-2-4-18(20)13-17)21-14-16-5-7-19(8-6-16)22-9-11-23-12-10-22/h2-8,13,15,21H,9-12,14H2,1H3. The maximum atomic E-state index is 6.06. The third kappa shape index (κ3) is 4.47. The van der Waals surface area contributed by atoms with E-state index in [2.05, 4.69) is 47.5 Å². The summed E-state index contributed by atoms with van der Waals surface area (Å²) in [5.41, 5.74) is 3.78. The third-order valence-electron chi connectivity index (χ3n) is 4.27. The largest absolute Gasteiger partial charge is 0.378 e. The number of rotatable bonds is 5. The van der Waals surface area contributed by atoms with Crippen molar-refractivity contribution in [3.63, 3.8) is 0 Å². The number of halogens is 1. The van der Waals surface area contributed by atoms with Crippen LogP contribution in [-0.4, -0.2) is 26.3 Å². The lowest BCUT2D eigenvalue weighted by molar-refractivity contribution is 0.122. The molecular weight excluding hydrogens is 308 g/mol. The van der Waals surface area contributed by atoms with Gasteiger partial charge in [-0.2, -0.15) is 0 Å². The van der Waals surface area contributed by atoms with Crippen LogP contribution in [0.15, 0.2) is 48.5 Å². The van der Waals surface area contributed by atoms with Crippen molar-refractivity contribution in [2.45, 2.75) is 19.5 Å². The fraction of sp³-hybridized carbons (Fsp3) is 0.368. The molecule has 1 N–H and O–H groups in total. The minimum atomic E-state index is 0.271. The van der Waals surface area contributed by atoms with Crippen LogP contribution in [-0.2, 0) is 11.3 Å². The Morgan fingerprint density at radius 1 is 1.13 bits per heavy atom. The van der Waals surface area contributed by atoms with E-state index >= 15 is 0 Å². The molecule has 0 bridgehead atoms. The van der Waals surface area contributed by atoms with Crippen molar-refractivity contribution < 1.29 is 4.74 Å². The average Bonchev–Trinajstić information content (AvgIpc) is 2.61. The quantitative estimate of drug-likeness (QED) is 0.896. The molecule has 0 saturated carbocycles. The van der Waals surface area contributed by atoms with Gasteiger partial charge < -0.3 is 15.0 Å². The highest BCUT2D eigenvalue weighted by Gasteiger charge is 2.11. The van der Waals surface area contributed by atoms with Crippen LogP contribution in [0.3, 0.4) is 0 Å². The highest BCUT2D eigenvalue weighted by Crippen LogP contribution is 2.19. The van der Waals surface area contributed by atoms with Gasteiger partial charge in [0.1, 0.15) is 0 Å². The highest BCUT2D eigenvalue weighted by molar-refractivity contribution is 6.30. The zero-order valence-electron chi connectivity index (χ0n) is 13.5. The van der Waals surface area contributed by atoms with Gasteiger partial charge in [0.05, 0.1) is 13.2 Å². The van der Waals surface area contributed by atoms with Crippen molar-refractivity contribution >= 4 is 17.3 Å². The molecule has 1 saturated heterocycles. The van der Waals surface area contributed by atoms with E-state index in [1.807, 2.05) is 18.2 Å². The topological polar surface area (TPSA) is 24.5 Å². The Labute approximate surface area is 143 Å². The predicted octanol–water partition coefficient (Wildman–Crippen LogP) is 4.03. The molecule has 1 unspecified atom stereocenters. The summed E-state index contributed by atoms with van der Waals surface area (Å²) < 4.78 is 5.40. The monoisotopic (exact) mass is 330 g/mol. The number of morpholine rings is 1. The summed E-state index contributed by atoms with van der Waals surface area (Å²) in [5, 5.41) is 4.33. The first-order chi connectivity index (χ1) is 11.2. The maximum Gasteiger partial charge on any atom is 0.0642 e. The second kappa shape index (κ2) is 7.82. The van der Waals surface area contributed by atoms with Crippen LogP contribution in [0.2, 0.25) is 5.02 Å². The third-order valence-corrected chi connectivity index (χ3v) is 4.51. The maximum absolute atomic E-state index is 6.06. The Bertz CT molecular complexity index is 624. The number of nitrogens with one attached hydrogen (secondary N) is 1. The number of ether oxygens (including phenoxy) is 1. The molecule has 4 heteroatoms. The van der Waals surface area contributed by atoms with E-state index in [9.17, 15) is 0 Å². The number of anilines is 1. The van der Waals surface area contributed by atoms with Crippen LogP contribution in [0.1, 0.15) is 24.1 Å². The van der Waals surface area contributed by atoms with Crippen molar-refractivity contribution in [1.82, 2.24) is 5.32 Å². The van der Waals surface area contributed by atoms with Crippen LogP contribution in [0.4, 0.5) is 5.69 Å². The zero-order chi connectivity index (χ0) is 16.1. The van der Waals surface area contributed by atoms with Crippen LogP contribution >= 0.6 is 11.6 Å². The normalized spacial score (nSPS) is 16.3. The minimum absolute atomic E-state index is 0.271. The number of hydrogen-bond acceptors (Lipinski definition) is 3. The summed E-state index contributed by atoms with van der Waals surface area (Å²) in [5.74, 6) is 0. The van der Waals surface area contributed by atoms with Crippen molar-refractivity contribution in [2.24, 2.45) is 0 Å². The molecule has 3 nitrogen and oxygen atoms in total. The van der Waals surface area contributed by atoms with Gasteiger partial charge >= 0.3 is 0 Å². The van der Waals surface area contributed by atoms with Gasteiger partial charge in [-0.3, -0.25) is 0 Å². The SMILES string of the molecule is CC(NCc1ccc(N2CCOCC2)cc1)c1cccc(Cl)c1. The zero-order valence-corrected chi connectivity index (χ0v) is 14.2. The second-order valence-corrected chi connectivity index (χ2v) is 6.36. The van der Waals surface area contributed by atoms with Gasteiger partial charge in [-0.15, -0.1) is 0 Å². The van der Waals surface area contributed by atoms with Gasteiger partial charge in [0.15, 0.2) is 0 Å². The van der Waals surface area contributed by atoms with Crippen LogP contribution in [0.5, 0.6) is 0 Å². The Balaban J connectivity index is 1.56. The van der Waals surface area contributed by atoms with Gasteiger partial charge in [0.25, 0.3) is 0 Å². The number of benzene rings is 2. The highest BCUT2D eigenvalue weighted by atomic mass is 35.5. The fourth-order valence-corrected chi connectivity index (χ4v) is 3.01. The van der Waals surface area contributed by atoms with E-state index in [-0.39, 0.29) is 6.04 Å². The minimum Gasteiger partial charge on any atom is -0.378 e. The molecule has 1 heterocycles. The molecule has 0 amide bonds. The predicted molar refractivity (Wildman–Crippen MR) is 96.2 cm³/mol. The van der Waals surface area contributed by atoms with Crippen molar-refractivity contribution in [3.05, 3.63) is 64.7 Å². The van der Waals surface area contributed by atoms with Gasteiger partial charge in [0, 0.05) is 36.4 Å². The van der Waals surface area contributed by atoms with Crippen molar-refractivity contribution in [2.75, 3.05) is 31.2 Å².